The Bertz CT molecular complexity index is 106. The Hall–Kier alpha value is -0.610. The first-order valence-electron chi connectivity index (χ1n) is 2.81. The third-order valence-electron chi connectivity index (χ3n) is 1.28. The minimum absolute atomic E-state index is 0.532. The van der Waals surface area contributed by atoms with Gasteiger partial charge in [0.15, 0.2) is 6.10 Å². The maximum atomic E-state index is 10.4. The molecular weight excluding hydrogens is 124 g/mol. The van der Waals surface area contributed by atoms with E-state index < -0.39 is 12.1 Å². The van der Waals surface area contributed by atoms with Gasteiger partial charge < -0.3 is 4.74 Å². The summed E-state index contributed by atoms with van der Waals surface area (Å²) >= 11 is 0. The summed E-state index contributed by atoms with van der Waals surface area (Å²) in [6, 6.07) is 0. The van der Waals surface area contributed by atoms with Gasteiger partial charge in [-0.1, -0.05) is 0 Å². The molecule has 4 heteroatoms. The second-order valence-corrected chi connectivity index (χ2v) is 1.91. The molecule has 1 heterocycles. The van der Waals surface area contributed by atoms with Crippen LogP contribution in [0.4, 0.5) is 0 Å². The third kappa shape index (κ3) is 1.40. The van der Waals surface area contributed by atoms with Crippen molar-refractivity contribution in [3.63, 3.8) is 0 Å². The lowest BCUT2D eigenvalue weighted by atomic mass is 10.2. The molecule has 1 aliphatic rings. The molecule has 9 heavy (non-hydrogen) atoms. The molecule has 0 bridgehead atoms. The number of hydrogen-bond donors (Lipinski definition) is 1. The quantitative estimate of drug-likeness (QED) is 0.408. The molecule has 1 unspecified atom stereocenters. The lowest BCUT2D eigenvalue weighted by Gasteiger charge is -2.01. The highest BCUT2D eigenvalue weighted by Crippen LogP contribution is 2.12. The van der Waals surface area contributed by atoms with Crippen molar-refractivity contribution in [2.45, 2.75) is 18.9 Å². The minimum Gasteiger partial charge on any atom is -0.366 e. The van der Waals surface area contributed by atoms with Gasteiger partial charge in [0.2, 0.25) is 0 Å². The number of carbonyl (C=O) groups is 1. The minimum atomic E-state index is -0.687. The average Bonchev–Trinajstić information content (AvgIpc) is 2.37. The molecule has 0 aliphatic carbocycles. The van der Waals surface area contributed by atoms with E-state index in [-0.39, 0.29) is 0 Å². The van der Waals surface area contributed by atoms with E-state index in [0.29, 0.717) is 13.0 Å². The lowest BCUT2D eigenvalue weighted by Crippen LogP contribution is -2.20. The highest BCUT2D eigenvalue weighted by Gasteiger charge is 2.24. The van der Waals surface area contributed by atoms with Gasteiger partial charge in [-0.2, -0.15) is 5.26 Å². The van der Waals surface area contributed by atoms with Crippen LogP contribution in [-0.4, -0.2) is 23.9 Å². The first kappa shape index (κ1) is 6.51. The second-order valence-electron chi connectivity index (χ2n) is 1.91. The van der Waals surface area contributed by atoms with E-state index in [1.807, 2.05) is 0 Å². The molecule has 0 aromatic carbocycles. The van der Waals surface area contributed by atoms with Crippen LogP contribution in [0.5, 0.6) is 0 Å². The zero-order valence-corrected chi connectivity index (χ0v) is 4.87. The Balaban J connectivity index is 2.32. The Labute approximate surface area is 52.3 Å². The molecule has 4 nitrogen and oxygen atoms in total. The highest BCUT2D eigenvalue weighted by molar-refractivity contribution is 5.74. The van der Waals surface area contributed by atoms with Crippen LogP contribution in [0, 0.1) is 0 Å². The van der Waals surface area contributed by atoms with Gasteiger partial charge in [-0.05, 0) is 12.8 Å². The number of hydrogen-bond acceptors (Lipinski definition) is 4. The van der Waals surface area contributed by atoms with E-state index in [0.717, 1.165) is 6.42 Å². The molecule has 0 spiro atoms. The summed E-state index contributed by atoms with van der Waals surface area (Å²) in [5, 5.41) is 7.87. The van der Waals surface area contributed by atoms with Gasteiger partial charge in [0, 0.05) is 6.61 Å². The summed E-state index contributed by atoms with van der Waals surface area (Å²) in [6.45, 7) is 0.583. The Kier molecular flexibility index (Phi) is 2.02. The maximum absolute atomic E-state index is 10.4. The fourth-order valence-corrected chi connectivity index (χ4v) is 0.822. The number of rotatable bonds is 1. The van der Waals surface area contributed by atoms with Gasteiger partial charge in [0.25, 0.3) is 0 Å². The van der Waals surface area contributed by atoms with E-state index >= 15 is 0 Å². The molecule has 1 atom stereocenters. The summed E-state index contributed by atoms with van der Waals surface area (Å²) in [4.78, 5) is 13.9. The van der Waals surface area contributed by atoms with Crippen molar-refractivity contribution < 1.29 is 19.7 Å². The first-order valence-corrected chi connectivity index (χ1v) is 2.81. The summed E-state index contributed by atoms with van der Waals surface area (Å²) in [6.07, 6.45) is 0.981. The molecule has 52 valence electrons. The average molecular weight is 132 g/mol. The predicted molar refractivity (Wildman–Crippen MR) is 27.7 cm³/mol. The van der Waals surface area contributed by atoms with Crippen molar-refractivity contribution in [1.29, 1.82) is 0 Å². The normalized spacial score (nSPS) is 26.1. The van der Waals surface area contributed by atoms with Crippen LogP contribution in [0.15, 0.2) is 0 Å². The topological polar surface area (TPSA) is 55.8 Å². The zero-order valence-electron chi connectivity index (χ0n) is 4.87. The van der Waals surface area contributed by atoms with Crippen molar-refractivity contribution in [3.8, 4) is 0 Å². The van der Waals surface area contributed by atoms with Crippen LogP contribution in [-0.2, 0) is 14.4 Å². The largest absolute Gasteiger partial charge is 0.370 e. The van der Waals surface area contributed by atoms with Crippen LogP contribution in [0.25, 0.3) is 0 Å². The predicted octanol–water partition coefficient (Wildman–Crippen LogP) is 0.182. The van der Waals surface area contributed by atoms with Crippen LogP contribution >= 0.6 is 0 Å². The van der Waals surface area contributed by atoms with E-state index in [1.165, 1.54) is 0 Å². The monoisotopic (exact) mass is 132 g/mol. The van der Waals surface area contributed by atoms with E-state index in [9.17, 15) is 4.79 Å². The molecule has 0 saturated carbocycles. The fraction of sp³-hybridized carbons (Fsp3) is 0.800. The van der Waals surface area contributed by atoms with Gasteiger partial charge in [-0.15, -0.1) is 0 Å². The van der Waals surface area contributed by atoms with Gasteiger partial charge in [-0.3, -0.25) is 4.89 Å². The summed E-state index contributed by atoms with van der Waals surface area (Å²) < 4.78 is 4.87. The fourth-order valence-electron chi connectivity index (χ4n) is 0.822. The Morgan fingerprint density at radius 3 is 3.00 bits per heavy atom. The van der Waals surface area contributed by atoms with Crippen molar-refractivity contribution in [1.82, 2.24) is 0 Å². The van der Waals surface area contributed by atoms with E-state index in [4.69, 9.17) is 9.99 Å². The number of carbonyl (C=O) groups excluding carboxylic acids is 1. The van der Waals surface area contributed by atoms with Crippen molar-refractivity contribution in [2.75, 3.05) is 6.61 Å². The standard InChI is InChI=1S/C5H8O4/c6-5(9-7)4-2-1-3-8-4/h4,7H,1-3H2. The van der Waals surface area contributed by atoms with Gasteiger partial charge >= 0.3 is 5.97 Å². The van der Waals surface area contributed by atoms with Crippen molar-refractivity contribution >= 4 is 5.97 Å². The van der Waals surface area contributed by atoms with E-state index in [1.54, 1.807) is 0 Å². The molecule has 1 rings (SSSR count). The number of ether oxygens (including phenoxy) is 1. The summed E-state index contributed by atoms with van der Waals surface area (Å²) in [5.41, 5.74) is 0. The Morgan fingerprint density at radius 1 is 1.78 bits per heavy atom. The molecule has 0 amide bonds. The molecule has 0 aromatic rings. The first-order chi connectivity index (χ1) is 4.34. The maximum Gasteiger partial charge on any atom is 0.370 e. The third-order valence-corrected chi connectivity index (χ3v) is 1.28. The van der Waals surface area contributed by atoms with Gasteiger partial charge in [0.1, 0.15) is 0 Å². The summed E-state index contributed by atoms with van der Waals surface area (Å²) in [7, 11) is 0. The van der Waals surface area contributed by atoms with Crippen molar-refractivity contribution in [3.05, 3.63) is 0 Å². The second kappa shape index (κ2) is 2.80. The molecule has 1 saturated heterocycles. The van der Waals surface area contributed by atoms with Crippen LogP contribution < -0.4 is 0 Å². The Morgan fingerprint density at radius 2 is 2.56 bits per heavy atom. The molecule has 0 radical (unpaired) electrons. The molecule has 1 N–H and O–H groups in total. The summed E-state index contributed by atoms with van der Waals surface area (Å²) in [5.74, 6) is -0.687. The van der Waals surface area contributed by atoms with Crippen LogP contribution in [0.3, 0.4) is 0 Å². The molecular formula is C5H8O4. The van der Waals surface area contributed by atoms with Gasteiger partial charge in [-0.25, -0.2) is 4.79 Å². The molecule has 1 aliphatic heterocycles. The van der Waals surface area contributed by atoms with Crippen LogP contribution in [0.2, 0.25) is 0 Å². The van der Waals surface area contributed by atoms with Crippen molar-refractivity contribution in [2.24, 2.45) is 0 Å². The van der Waals surface area contributed by atoms with E-state index in [2.05, 4.69) is 4.89 Å². The SMILES string of the molecule is O=C(OO)C1CCCO1. The molecule has 1 fully saturated rings. The highest BCUT2D eigenvalue weighted by atomic mass is 17.1. The smallest absolute Gasteiger partial charge is 0.366 e. The van der Waals surface area contributed by atoms with Crippen LogP contribution in [0.1, 0.15) is 12.8 Å². The lowest BCUT2D eigenvalue weighted by molar-refractivity contribution is -0.242. The molecule has 0 aromatic heterocycles. The van der Waals surface area contributed by atoms with Gasteiger partial charge in [0.05, 0.1) is 0 Å². The zero-order chi connectivity index (χ0) is 6.69.